The molecule has 148 valence electrons. The lowest BCUT2D eigenvalue weighted by atomic mass is 9.78. The molecule has 2 fully saturated rings. The average Bonchev–Trinajstić information content (AvgIpc) is 2.46. The minimum Gasteiger partial charge on any atom is -0.481 e. The van der Waals surface area contributed by atoms with Gasteiger partial charge in [-0.25, -0.2) is 0 Å². The highest BCUT2D eigenvalue weighted by atomic mass is 32.2. The first-order valence-electron chi connectivity index (χ1n) is 9.17. The van der Waals surface area contributed by atoms with E-state index in [0.29, 0.717) is 11.8 Å². The molecule has 4 atom stereocenters. The zero-order chi connectivity index (χ0) is 18.3. The summed E-state index contributed by atoms with van der Waals surface area (Å²) in [5.41, 5.74) is 0. The Morgan fingerprint density at radius 2 is 1.28 bits per heavy atom. The fraction of sp³-hybridized carbons (Fsp3) is 0.850. The van der Waals surface area contributed by atoms with Gasteiger partial charge in [0.05, 0.1) is 5.92 Å². The van der Waals surface area contributed by atoms with Crippen molar-refractivity contribution in [2.75, 3.05) is 12.5 Å². The Bertz CT molecular complexity index is 538. The van der Waals surface area contributed by atoms with E-state index >= 15 is 0 Å². The number of ketones is 1. The van der Waals surface area contributed by atoms with Crippen molar-refractivity contribution in [3.8, 4) is 0 Å². The van der Waals surface area contributed by atoms with Crippen LogP contribution in [0.5, 0.6) is 0 Å². The monoisotopic (exact) mass is 374 g/mol. The topological polar surface area (TPSA) is 71.4 Å². The van der Waals surface area contributed by atoms with Gasteiger partial charge in [-0.15, -0.1) is 0 Å². The van der Waals surface area contributed by atoms with Gasteiger partial charge in [-0.2, -0.15) is 0 Å². The molecule has 0 bridgehead atoms. The van der Waals surface area contributed by atoms with Crippen molar-refractivity contribution >= 4 is 26.6 Å². The number of rotatable bonds is 3. The Kier molecular flexibility index (Phi) is 10.6. The molecule has 0 saturated heterocycles. The van der Waals surface area contributed by atoms with Crippen molar-refractivity contribution in [3.63, 3.8) is 0 Å². The average molecular weight is 375 g/mol. The molecular formula is C20H38O4S. The summed E-state index contributed by atoms with van der Waals surface area (Å²) < 4.78 is 11.5. The summed E-state index contributed by atoms with van der Waals surface area (Å²) in [7, 11) is -2.02. The highest BCUT2D eigenvalue weighted by Gasteiger charge is 2.27. The summed E-state index contributed by atoms with van der Waals surface area (Å²) in [5.74, 6) is 0.429. The van der Waals surface area contributed by atoms with Crippen LogP contribution in [0.25, 0.3) is 0 Å². The Morgan fingerprint density at radius 3 is 1.60 bits per heavy atom. The summed E-state index contributed by atoms with van der Waals surface area (Å²) in [6.07, 6.45) is 12.0. The second-order valence-electron chi connectivity index (χ2n) is 7.90. The van der Waals surface area contributed by atoms with Gasteiger partial charge in [-0.3, -0.25) is 13.8 Å². The standard InChI is InChI=1S/C11H20O2S.C8H14O2.CH4/c1-9-6-4-5-7-10(9)11(12)8-14(2,3)13;1-6-4-2-3-5-7(6)8(9)10;/h8-10H,4-7H2,1-3H3;6-7H,2-5H2,1H3,(H,9,10);1H4. The van der Waals surface area contributed by atoms with Crippen LogP contribution in [-0.4, -0.2) is 38.9 Å². The van der Waals surface area contributed by atoms with Crippen molar-refractivity contribution in [2.24, 2.45) is 23.7 Å². The van der Waals surface area contributed by atoms with Gasteiger partial charge < -0.3 is 5.11 Å². The lowest BCUT2D eigenvalue weighted by Gasteiger charge is -2.26. The van der Waals surface area contributed by atoms with Gasteiger partial charge in [-0.05, 0) is 40.6 Å². The number of hydrogen-bond acceptors (Lipinski definition) is 3. The number of carboxylic acids is 1. The molecule has 0 aromatic carbocycles. The number of carbonyl (C=O) groups is 2. The quantitative estimate of drug-likeness (QED) is 0.749. The van der Waals surface area contributed by atoms with Crippen LogP contribution in [0.3, 0.4) is 0 Å². The summed E-state index contributed by atoms with van der Waals surface area (Å²) in [4.78, 5) is 22.4. The van der Waals surface area contributed by atoms with Gasteiger partial charge in [0.25, 0.3) is 0 Å². The van der Waals surface area contributed by atoms with Crippen molar-refractivity contribution in [1.82, 2.24) is 0 Å². The zero-order valence-electron chi connectivity index (χ0n) is 15.6. The largest absolute Gasteiger partial charge is 0.481 e. The molecular weight excluding hydrogens is 336 g/mol. The first-order valence-corrected chi connectivity index (χ1v) is 11.6. The van der Waals surface area contributed by atoms with E-state index in [1.54, 1.807) is 12.5 Å². The molecule has 0 heterocycles. The SMILES string of the molecule is C.CC1CCCCC1C(=O)C=S(C)(C)=O.CC1CCCCC1C(=O)O. The smallest absolute Gasteiger partial charge is 0.306 e. The third-order valence-electron chi connectivity index (χ3n) is 5.31. The third kappa shape index (κ3) is 8.89. The van der Waals surface area contributed by atoms with E-state index in [2.05, 4.69) is 6.92 Å². The fourth-order valence-corrected chi connectivity index (χ4v) is 4.52. The maximum absolute atomic E-state index is 11.8. The maximum Gasteiger partial charge on any atom is 0.306 e. The molecule has 2 rings (SSSR count). The van der Waals surface area contributed by atoms with Gasteiger partial charge in [0.2, 0.25) is 0 Å². The summed E-state index contributed by atoms with van der Waals surface area (Å²) in [6, 6.07) is 0. The van der Waals surface area contributed by atoms with Crippen LogP contribution in [0.1, 0.15) is 72.6 Å². The molecule has 0 aromatic rings. The summed E-state index contributed by atoms with van der Waals surface area (Å²) in [5, 5.41) is 10.2. The molecule has 5 heteroatoms. The van der Waals surface area contributed by atoms with Crippen LogP contribution in [0.4, 0.5) is 0 Å². The van der Waals surface area contributed by atoms with E-state index in [0.717, 1.165) is 38.5 Å². The molecule has 2 aliphatic rings. The first kappa shape index (κ1) is 24.2. The van der Waals surface area contributed by atoms with Gasteiger partial charge in [0.1, 0.15) is 0 Å². The molecule has 25 heavy (non-hydrogen) atoms. The minimum atomic E-state index is -2.02. The third-order valence-corrected chi connectivity index (χ3v) is 6.11. The maximum atomic E-state index is 11.8. The lowest BCUT2D eigenvalue weighted by Crippen LogP contribution is -2.27. The predicted octanol–water partition coefficient (Wildman–Crippen LogP) is 4.26. The highest BCUT2D eigenvalue weighted by molar-refractivity contribution is 8.01. The summed E-state index contributed by atoms with van der Waals surface area (Å²) >= 11 is 0. The number of hydrogen-bond donors (Lipinski definition) is 1. The fourth-order valence-electron chi connectivity index (χ4n) is 3.79. The Balaban J connectivity index is 0.000000465. The van der Waals surface area contributed by atoms with E-state index in [1.165, 1.54) is 18.2 Å². The van der Waals surface area contributed by atoms with Gasteiger partial charge in [0, 0.05) is 23.8 Å². The Hall–Kier alpha value is -0.840. The van der Waals surface area contributed by atoms with Crippen molar-refractivity contribution < 1.29 is 18.9 Å². The predicted molar refractivity (Wildman–Crippen MR) is 108 cm³/mol. The van der Waals surface area contributed by atoms with E-state index < -0.39 is 15.5 Å². The van der Waals surface area contributed by atoms with Crippen LogP contribution < -0.4 is 0 Å². The molecule has 0 aromatic heterocycles. The highest BCUT2D eigenvalue weighted by Crippen LogP contribution is 2.30. The van der Waals surface area contributed by atoms with Crippen LogP contribution in [0.2, 0.25) is 0 Å². The number of carbonyl (C=O) groups excluding carboxylic acids is 1. The normalized spacial score (nSPS) is 29.4. The molecule has 0 spiro atoms. The first-order chi connectivity index (χ1) is 11.1. The second-order valence-corrected chi connectivity index (χ2v) is 10.8. The van der Waals surface area contributed by atoms with Crippen LogP contribution in [0.15, 0.2) is 0 Å². The van der Waals surface area contributed by atoms with Crippen LogP contribution >= 0.6 is 0 Å². The number of Topliss-reactive ketones (excluding diaryl/α,β-unsaturated/α-hetero) is 1. The van der Waals surface area contributed by atoms with E-state index in [4.69, 9.17) is 5.11 Å². The van der Waals surface area contributed by atoms with E-state index in [1.807, 2.05) is 6.92 Å². The molecule has 4 nitrogen and oxygen atoms in total. The van der Waals surface area contributed by atoms with Gasteiger partial charge in [0.15, 0.2) is 5.78 Å². The molecule has 0 aliphatic heterocycles. The molecule has 1 N–H and O–H groups in total. The van der Waals surface area contributed by atoms with Gasteiger partial charge >= 0.3 is 5.97 Å². The number of carboxylic acid groups (broad SMARTS) is 1. The van der Waals surface area contributed by atoms with Crippen molar-refractivity contribution in [3.05, 3.63) is 0 Å². The van der Waals surface area contributed by atoms with E-state index in [9.17, 15) is 13.8 Å². The number of aliphatic carboxylic acids is 1. The van der Waals surface area contributed by atoms with E-state index in [-0.39, 0.29) is 25.0 Å². The van der Waals surface area contributed by atoms with Crippen molar-refractivity contribution in [2.45, 2.75) is 72.6 Å². The summed E-state index contributed by atoms with van der Waals surface area (Å²) in [6.45, 7) is 4.17. The molecule has 0 amide bonds. The Labute approximate surface area is 154 Å². The second kappa shape index (κ2) is 11.0. The Morgan fingerprint density at radius 1 is 0.880 bits per heavy atom. The van der Waals surface area contributed by atoms with Crippen LogP contribution in [-0.2, 0) is 19.1 Å². The van der Waals surface area contributed by atoms with Crippen molar-refractivity contribution in [1.29, 1.82) is 0 Å². The molecule has 0 radical (unpaired) electrons. The van der Waals surface area contributed by atoms with Crippen LogP contribution in [0, 0.1) is 23.7 Å². The minimum absolute atomic E-state index is 0. The lowest BCUT2D eigenvalue weighted by molar-refractivity contribution is -0.144. The van der Waals surface area contributed by atoms with Gasteiger partial charge in [-0.1, -0.05) is 53.4 Å². The molecule has 4 unspecified atom stereocenters. The molecule has 2 aliphatic carbocycles. The molecule has 2 saturated carbocycles. The zero-order valence-corrected chi connectivity index (χ0v) is 16.4.